The third-order valence-corrected chi connectivity index (χ3v) is 3.69. The molecule has 0 spiro atoms. The molecule has 3 rings (SSSR count). The summed E-state index contributed by atoms with van der Waals surface area (Å²) in [6, 6.07) is 15.1. The molecule has 0 aliphatic carbocycles. The lowest BCUT2D eigenvalue weighted by atomic mass is 10.1. The average Bonchev–Trinajstić information content (AvgIpc) is 2.49. The predicted octanol–water partition coefficient (Wildman–Crippen LogP) is 4.30. The van der Waals surface area contributed by atoms with Crippen molar-refractivity contribution >= 4 is 22.4 Å². The van der Waals surface area contributed by atoms with Crippen molar-refractivity contribution < 1.29 is 0 Å². The van der Waals surface area contributed by atoms with Crippen LogP contribution < -0.4 is 5.56 Å². The van der Waals surface area contributed by atoms with Crippen LogP contribution in [0.2, 0.25) is 5.02 Å². The van der Waals surface area contributed by atoms with E-state index in [1.807, 2.05) is 62.4 Å². The van der Waals surface area contributed by atoms with E-state index in [2.05, 4.69) is 5.10 Å². The van der Waals surface area contributed by atoms with E-state index in [1.165, 1.54) is 4.68 Å². The molecule has 21 heavy (non-hydrogen) atoms. The monoisotopic (exact) mass is 298 g/mol. The van der Waals surface area contributed by atoms with E-state index in [0.29, 0.717) is 10.4 Å². The Morgan fingerprint density at radius 3 is 2.24 bits per heavy atom. The summed E-state index contributed by atoms with van der Waals surface area (Å²) in [5.74, 6) is 0. The van der Waals surface area contributed by atoms with Crippen molar-refractivity contribution in [1.82, 2.24) is 9.78 Å². The Balaban J connectivity index is 2.38. The first-order chi connectivity index (χ1) is 10.1. The van der Waals surface area contributed by atoms with Gasteiger partial charge in [0.2, 0.25) is 0 Å². The summed E-state index contributed by atoms with van der Waals surface area (Å²) in [7, 11) is 0. The molecule has 0 fully saturated rings. The Kier molecular flexibility index (Phi) is 3.52. The number of benzene rings is 2. The van der Waals surface area contributed by atoms with Crippen molar-refractivity contribution in [3.05, 3.63) is 63.9 Å². The van der Waals surface area contributed by atoms with Gasteiger partial charge in [-0.2, -0.15) is 5.10 Å². The molecule has 0 radical (unpaired) electrons. The number of hydrogen-bond acceptors (Lipinski definition) is 2. The Labute approximate surface area is 127 Å². The lowest BCUT2D eigenvalue weighted by Crippen LogP contribution is -2.25. The van der Waals surface area contributed by atoms with Crippen LogP contribution in [0.25, 0.3) is 22.0 Å². The lowest BCUT2D eigenvalue weighted by molar-refractivity contribution is 0.510. The predicted molar refractivity (Wildman–Crippen MR) is 86.8 cm³/mol. The number of rotatable bonds is 2. The normalized spacial score (nSPS) is 11.2. The molecule has 1 heterocycles. The van der Waals surface area contributed by atoms with Gasteiger partial charge in [-0.1, -0.05) is 41.9 Å². The maximum absolute atomic E-state index is 12.5. The third kappa shape index (κ3) is 2.45. The molecule has 0 aliphatic rings. The first-order valence-corrected chi connectivity index (χ1v) is 7.23. The summed E-state index contributed by atoms with van der Waals surface area (Å²) in [5.41, 5.74) is 1.69. The maximum Gasteiger partial charge on any atom is 0.274 e. The van der Waals surface area contributed by atoms with Crippen molar-refractivity contribution in [2.75, 3.05) is 0 Å². The zero-order valence-electron chi connectivity index (χ0n) is 11.9. The minimum absolute atomic E-state index is 0.00755. The van der Waals surface area contributed by atoms with Crippen LogP contribution in [0.15, 0.2) is 53.3 Å². The highest BCUT2D eigenvalue weighted by Gasteiger charge is 2.13. The van der Waals surface area contributed by atoms with Crippen LogP contribution in [0.5, 0.6) is 0 Å². The molecule has 4 heteroatoms. The van der Waals surface area contributed by atoms with E-state index in [4.69, 9.17) is 11.6 Å². The van der Waals surface area contributed by atoms with Gasteiger partial charge in [-0.25, -0.2) is 4.68 Å². The lowest BCUT2D eigenvalue weighted by Gasteiger charge is -2.13. The molecule has 106 valence electrons. The molecular formula is C17H15ClN2O. The zero-order chi connectivity index (χ0) is 15.0. The largest absolute Gasteiger partial charge is 0.274 e. The van der Waals surface area contributed by atoms with Crippen LogP contribution in [0.4, 0.5) is 0 Å². The molecule has 0 unspecified atom stereocenters. The quantitative estimate of drug-likeness (QED) is 0.707. The van der Waals surface area contributed by atoms with Gasteiger partial charge in [-0.3, -0.25) is 4.79 Å². The van der Waals surface area contributed by atoms with Gasteiger partial charge >= 0.3 is 0 Å². The van der Waals surface area contributed by atoms with Gasteiger partial charge < -0.3 is 0 Å². The number of fused-ring (bicyclic) bond motifs is 1. The first kappa shape index (κ1) is 13.8. The van der Waals surface area contributed by atoms with Crippen LogP contribution in [-0.2, 0) is 0 Å². The molecule has 0 saturated heterocycles. The van der Waals surface area contributed by atoms with Crippen molar-refractivity contribution in [3.8, 4) is 11.3 Å². The minimum Gasteiger partial charge on any atom is -0.267 e. The fourth-order valence-corrected chi connectivity index (χ4v) is 2.50. The van der Waals surface area contributed by atoms with Crippen LogP contribution >= 0.6 is 11.6 Å². The molecule has 1 aromatic heterocycles. The van der Waals surface area contributed by atoms with E-state index in [-0.39, 0.29) is 11.6 Å². The standard InChI is InChI=1S/C17H15ClN2O/c1-11(2)20-17(21)15-6-4-3-5-14(15)16(19-20)12-7-9-13(18)10-8-12/h3-11H,1-2H3. The van der Waals surface area contributed by atoms with Gasteiger partial charge in [0.1, 0.15) is 0 Å². The van der Waals surface area contributed by atoms with E-state index >= 15 is 0 Å². The zero-order valence-corrected chi connectivity index (χ0v) is 12.6. The molecule has 0 N–H and O–H groups in total. The highest BCUT2D eigenvalue weighted by Crippen LogP contribution is 2.26. The van der Waals surface area contributed by atoms with Crippen LogP contribution in [0.1, 0.15) is 19.9 Å². The Morgan fingerprint density at radius 1 is 1.00 bits per heavy atom. The second-order valence-electron chi connectivity index (χ2n) is 5.24. The summed E-state index contributed by atoms with van der Waals surface area (Å²) in [6.45, 7) is 3.91. The molecule has 2 aromatic carbocycles. The minimum atomic E-state index is -0.0571. The molecule has 0 bridgehead atoms. The van der Waals surface area contributed by atoms with E-state index in [1.54, 1.807) is 0 Å². The highest BCUT2D eigenvalue weighted by molar-refractivity contribution is 6.30. The molecule has 0 aliphatic heterocycles. The van der Waals surface area contributed by atoms with Crippen LogP contribution in [-0.4, -0.2) is 9.78 Å². The number of nitrogens with zero attached hydrogens (tertiary/aromatic N) is 2. The molecule has 0 amide bonds. The summed E-state index contributed by atoms with van der Waals surface area (Å²) >= 11 is 5.95. The van der Waals surface area contributed by atoms with Crippen LogP contribution in [0, 0.1) is 0 Å². The Hall–Kier alpha value is -2.13. The van der Waals surface area contributed by atoms with Crippen molar-refractivity contribution in [3.63, 3.8) is 0 Å². The van der Waals surface area contributed by atoms with Gasteiger partial charge in [0, 0.05) is 16.0 Å². The average molecular weight is 299 g/mol. The second-order valence-corrected chi connectivity index (χ2v) is 5.68. The fourth-order valence-electron chi connectivity index (χ4n) is 2.38. The maximum atomic E-state index is 12.5. The van der Waals surface area contributed by atoms with Gasteiger partial charge in [0.15, 0.2) is 0 Å². The summed E-state index contributed by atoms with van der Waals surface area (Å²) in [5, 5.41) is 6.79. The van der Waals surface area contributed by atoms with E-state index < -0.39 is 0 Å². The van der Waals surface area contributed by atoms with Crippen molar-refractivity contribution in [1.29, 1.82) is 0 Å². The summed E-state index contributed by atoms with van der Waals surface area (Å²) in [4.78, 5) is 12.5. The Bertz CT molecular complexity index is 851. The van der Waals surface area contributed by atoms with Gasteiger partial charge in [-0.05, 0) is 32.0 Å². The molecule has 3 aromatic rings. The summed E-state index contributed by atoms with van der Waals surface area (Å²) in [6.07, 6.45) is 0. The number of hydrogen-bond donors (Lipinski definition) is 0. The second kappa shape index (κ2) is 5.34. The van der Waals surface area contributed by atoms with Crippen molar-refractivity contribution in [2.45, 2.75) is 19.9 Å². The highest BCUT2D eigenvalue weighted by atomic mass is 35.5. The molecule has 0 atom stereocenters. The molecule has 0 saturated carbocycles. The smallest absolute Gasteiger partial charge is 0.267 e. The van der Waals surface area contributed by atoms with Gasteiger partial charge in [-0.15, -0.1) is 0 Å². The Morgan fingerprint density at radius 2 is 1.62 bits per heavy atom. The van der Waals surface area contributed by atoms with E-state index in [9.17, 15) is 4.79 Å². The van der Waals surface area contributed by atoms with Crippen molar-refractivity contribution in [2.24, 2.45) is 0 Å². The van der Waals surface area contributed by atoms with Gasteiger partial charge in [0.25, 0.3) is 5.56 Å². The van der Waals surface area contributed by atoms with E-state index in [0.717, 1.165) is 16.6 Å². The molecular weight excluding hydrogens is 284 g/mol. The first-order valence-electron chi connectivity index (χ1n) is 6.85. The molecule has 3 nitrogen and oxygen atoms in total. The SMILES string of the molecule is CC(C)n1nc(-c2ccc(Cl)cc2)c2ccccc2c1=O. The number of aromatic nitrogens is 2. The fraction of sp³-hybridized carbons (Fsp3) is 0.176. The third-order valence-electron chi connectivity index (χ3n) is 3.44. The van der Waals surface area contributed by atoms with Crippen LogP contribution in [0.3, 0.4) is 0 Å². The topological polar surface area (TPSA) is 34.9 Å². The summed E-state index contributed by atoms with van der Waals surface area (Å²) < 4.78 is 1.53. The number of halogens is 1. The van der Waals surface area contributed by atoms with Gasteiger partial charge in [0.05, 0.1) is 17.1 Å².